The van der Waals surface area contributed by atoms with Gasteiger partial charge in [-0.2, -0.15) is 0 Å². The zero-order valence-electron chi connectivity index (χ0n) is 13.1. The number of rotatable bonds is 2. The molecule has 1 aromatic rings. The van der Waals surface area contributed by atoms with Crippen LogP contribution in [0.2, 0.25) is 0 Å². The van der Waals surface area contributed by atoms with Gasteiger partial charge in [0, 0.05) is 17.5 Å². The number of ether oxygens (including phenoxy) is 2. The molecule has 1 unspecified atom stereocenters. The Bertz CT molecular complexity index is 590. The molecule has 1 heterocycles. The van der Waals surface area contributed by atoms with E-state index < -0.39 is 0 Å². The maximum absolute atomic E-state index is 9.07. The molecule has 1 atom stereocenters. The van der Waals surface area contributed by atoms with Gasteiger partial charge in [-0.3, -0.25) is 0 Å². The molecule has 4 heteroatoms. The number of fused-ring (bicyclic) bond motifs is 1. The van der Waals surface area contributed by atoms with Crippen LogP contribution in [0.1, 0.15) is 51.7 Å². The summed E-state index contributed by atoms with van der Waals surface area (Å²) in [5.74, 6) is 0.894. The first-order valence-corrected chi connectivity index (χ1v) is 7.52. The third-order valence-electron chi connectivity index (χ3n) is 4.44. The van der Waals surface area contributed by atoms with Crippen LogP contribution in [-0.2, 0) is 11.2 Å². The summed E-state index contributed by atoms with van der Waals surface area (Å²) in [6.07, 6.45) is 2.52. The smallest absolute Gasteiger partial charge is 0.130 e. The first kappa shape index (κ1) is 14.4. The van der Waals surface area contributed by atoms with Crippen molar-refractivity contribution in [2.24, 2.45) is 5.16 Å². The van der Waals surface area contributed by atoms with Gasteiger partial charge in [-0.1, -0.05) is 17.3 Å². The van der Waals surface area contributed by atoms with Gasteiger partial charge in [-0.25, -0.2) is 0 Å². The van der Waals surface area contributed by atoms with Crippen LogP contribution in [0.3, 0.4) is 0 Å². The van der Waals surface area contributed by atoms with E-state index in [1.807, 2.05) is 18.2 Å². The van der Waals surface area contributed by atoms with Gasteiger partial charge in [-0.15, -0.1) is 0 Å². The molecule has 2 aliphatic rings. The third-order valence-corrected chi connectivity index (χ3v) is 4.44. The molecule has 1 N–H and O–H groups in total. The lowest BCUT2D eigenvalue weighted by Gasteiger charge is -2.28. The number of benzene rings is 1. The lowest BCUT2D eigenvalue weighted by Crippen LogP contribution is -2.36. The van der Waals surface area contributed by atoms with Crippen molar-refractivity contribution in [3.8, 4) is 5.75 Å². The average molecular weight is 289 g/mol. The van der Waals surface area contributed by atoms with E-state index in [0.29, 0.717) is 0 Å². The predicted octanol–water partition coefficient (Wildman–Crippen LogP) is 3.54. The van der Waals surface area contributed by atoms with Crippen molar-refractivity contribution in [2.75, 3.05) is 0 Å². The van der Waals surface area contributed by atoms with Crippen LogP contribution in [0.15, 0.2) is 23.4 Å². The number of hydrogen-bond donors (Lipinski definition) is 1. The van der Waals surface area contributed by atoms with Gasteiger partial charge in [0.25, 0.3) is 0 Å². The largest absolute Gasteiger partial charge is 0.487 e. The fraction of sp³-hybridized carbons (Fsp3) is 0.588. The normalized spacial score (nSPS) is 27.8. The summed E-state index contributed by atoms with van der Waals surface area (Å²) in [5.41, 5.74) is 2.43. The standard InChI is InChI=1S/C17H23NO3/c1-16(2)10-15(17(3,4)21-16)20-14-7-5-6-11-12(14)8-9-13(11)18-19/h5-7,15,19H,8-10H2,1-4H3/b18-13+. The molecule has 114 valence electrons. The minimum atomic E-state index is -0.307. The molecule has 3 rings (SSSR count). The summed E-state index contributed by atoms with van der Waals surface area (Å²) in [7, 11) is 0. The van der Waals surface area contributed by atoms with Crippen molar-refractivity contribution in [2.45, 2.75) is 64.3 Å². The summed E-state index contributed by atoms with van der Waals surface area (Å²) in [6.45, 7) is 8.36. The van der Waals surface area contributed by atoms with E-state index in [4.69, 9.17) is 14.7 Å². The van der Waals surface area contributed by atoms with Crippen molar-refractivity contribution in [1.29, 1.82) is 0 Å². The van der Waals surface area contributed by atoms with Crippen LogP contribution in [0.5, 0.6) is 5.75 Å². The van der Waals surface area contributed by atoms with Gasteiger partial charge in [0.15, 0.2) is 0 Å². The molecule has 0 aromatic heterocycles. The highest BCUT2D eigenvalue weighted by Crippen LogP contribution is 2.41. The first-order valence-electron chi connectivity index (χ1n) is 7.52. The minimum Gasteiger partial charge on any atom is -0.487 e. The molecule has 0 saturated carbocycles. The number of oxime groups is 1. The summed E-state index contributed by atoms with van der Waals surface area (Å²) < 4.78 is 12.4. The molecule has 1 aliphatic carbocycles. The maximum atomic E-state index is 9.07. The van der Waals surface area contributed by atoms with E-state index >= 15 is 0 Å². The van der Waals surface area contributed by atoms with Crippen LogP contribution in [0, 0.1) is 0 Å². The molecular weight excluding hydrogens is 266 g/mol. The monoisotopic (exact) mass is 289 g/mol. The van der Waals surface area contributed by atoms with Crippen molar-refractivity contribution < 1.29 is 14.7 Å². The fourth-order valence-corrected chi connectivity index (χ4v) is 3.53. The molecular formula is C17H23NO3. The second-order valence-electron chi connectivity index (χ2n) is 7.10. The van der Waals surface area contributed by atoms with Crippen molar-refractivity contribution in [3.63, 3.8) is 0 Å². The molecule has 0 spiro atoms. The quantitative estimate of drug-likeness (QED) is 0.669. The number of hydrogen-bond acceptors (Lipinski definition) is 4. The Balaban J connectivity index is 1.89. The predicted molar refractivity (Wildman–Crippen MR) is 81.4 cm³/mol. The molecule has 0 bridgehead atoms. The molecule has 1 fully saturated rings. The Kier molecular flexibility index (Phi) is 3.24. The zero-order chi connectivity index (χ0) is 15.3. The van der Waals surface area contributed by atoms with E-state index in [9.17, 15) is 0 Å². The lowest BCUT2D eigenvalue weighted by molar-refractivity contribution is -0.0846. The molecule has 0 amide bonds. The number of nitrogens with zero attached hydrogens (tertiary/aromatic N) is 1. The Morgan fingerprint density at radius 2 is 2.00 bits per heavy atom. The van der Waals surface area contributed by atoms with Crippen molar-refractivity contribution in [1.82, 2.24) is 0 Å². The van der Waals surface area contributed by atoms with Gasteiger partial charge in [-0.05, 0) is 46.6 Å². The van der Waals surface area contributed by atoms with Gasteiger partial charge in [0.2, 0.25) is 0 Å². The second-order valence-corrected chi connectivity index (χ2v) is 7.10. The van der Waals surface area contributed by atoms with E-state index in [-0.39, 0.29) is 17.3 Å². The summed E-state index contributed by atoms with van der Waals surface area (Å²) >= 11 is 0. The fourth-order valence-electron chi connectivity index (χ4n) is 3.53. The molecule has 4 nitrogen and oxygen atoms in total. The molecule has 1 aromatic carbocycles. The Morgan fingerprint density at radius 1 is 1.24 bits per heavy atom. The molecule has 1 aliphatic heterocycles. The van der Waals surface area contributed by atoms with Crippen LogP contribution < -0.4 is 4.74 Å². The van der Waals surface area contributed by atoms with Crippen LogP contribution in [0.4, 0.5) is 0 Å². The van der Waals surface area contributed by atoms with Crippen LogP contribution >= 0.6 is 0 Å². The average Bonchev–Trinajstić information content (AvgIpc) is 2.88. The Labute approximate surface area is 125 Å². The topological polar surface area (TPSA) is 51.0 Å². The highest BCUT2D eigenvalue weighted by Gasteiger charge is 2.47. The Hall–Kier alpha value is -1.55. The van der Waals surface area contributed by atoms with Crippen LogP contribution in [-0.4, -0.2) is 28.2 Å². The van der Waals surface area contributed by atoms with Gasteiger partial charge in [0.1, 0.15) is 17.5 Å². The molecule has 21 heavy (non-hydrogen) atoms. The van der Waals surface area contributed by atoms with Crippen LogP contribution in [0.25, 0.3) is 0 Å². The Morgan fingerprint density at radius 3 is 2.62 bits per heavy atom. The highest BCUT2D eigenvalue weighted by atomic mass is 16.6. The minimum absolute atomic E-state index is 0.0223. The molecule has 1 saturated heterocycles. The summed E-state index contributed by atoms with van der Waals surface area (Å²) in [6, 6.07) is 5.95. The summed E-state index contributed by atoms with van der Waals surface area (Å²) in [4.78, 5) is 0. The second kappa shape index (κ2) is 4.73. The van der Waals surface area contributed by atoms with E-state index in [1.54, 1.807) is 0 Å². The maximum Gasteiger partial charge on any atom is 0.130 e. The van der Waals surface area contributed by atoms with E-state index in [2.05, 4.69) is 32.9 Å². The highest BCUT2D eigenvalue weighted by molar-refractivity contribution is 6.04. The third kappa shape index (κ3) is 2.53. The van der Waals surface area contributed by atoms with Gasteiger partial charge >= 0.3 is 0 Å². The van der Waals surface area contributed by atoms with Crippen molar-refractivity contribution >= 4 is 5.71 Å². The SMILES string of the molecule is CC1(C)CC(Oc2cccc3c2CC/C3=N\O)C(C)(C)O1. The first-order chi connectivity index (χ1) is 9.82. The summed E-state index contributed by atoms with van der Waals surface area (Å²) in [5, 5.41) is 12.5. The molecule has 0 radical (unpaired) electrons. The van der Waals surface area contributed by atoms with Crippen molar-refractivity contribution in [3.05, 3.63) is 29.3 Å². The van der Waals surface area contributed by atoms with E-state index in [0.717, 1.165) is 41.9 Å². The lowest BCUT2D eigenvalue weighted by atomic mass is 9.97. The van der Waals surface area contributed by atoms with Gasteiger partial charge in [0.05, 0.1) is 11.3 Å². The van der Waals surface area contributed by atoms with E-state index in [1.165, 1.54) is 0 Å². The zero-order valence-corrected chi connectivity index (χ0v) is 13.1. The van der Waals surface area contributed by atoms with Gasteiger partial charge < -0.3 is 14.7 Å².